The van der Waals surface area contributed by atoms with Gasteiger partial charge in [0.1, 0.15) is 11.5 Å². The number of fused-ring (bicyclic) bond motifs is 2. The van der Waals surface area contributed by atoms with E-state index >= 15 is 0 Å². The Bertz CT molecular complexity index is 1600. The summed E-state index contributed by atoms with van der Waals surface area (Å²) in [7, 11) is 1.51. The van der Waals surface area contributed by atoms with Crippen molar-refractivity contribution in [3.63, 3.8) is 0 Å². The number of ether oxygens (including phenoxy) is 2. The van der Waals surface area contributed by atoms with Crippen LogP contribution in [0.25, 0.3) is 0 Å². The van der Waals surface area contributed by atoms with Crippen molar-refractivity contribution in [3.05, 3.63) is 75.8 Å². The Labute approximate surface area is 246 Å². The molecule has 43 heavy (non-hydrogen) atoms. The minimum absolute atomic E-state index is 0.00898. The van der Waals surface area contributed by atoms with Crippen molar-refractivity contribution in [1.82, 2.24) is 14.9 Å². The van der Waals surface area contributed by atoms with Crippen LogP contribution in [0.4, 0.5) is 11.4 Å². The van der Waals surface area contributed by atoms with Gasteiger partial charge in [-0.05, 0) is 55.3 Å². The molecular weight excluding hydrogens is 558 g/mol. The van der Waals surface area contributed by atoms with E-state index in [0.717, 1.165) is 12.8 Å². The van der Waals surface area contributed by atoms with Gasteiger partial charge in [0, 0.05) is 43.5 Å². The Hall–Kier alpha value is -5.17. The fourth-order valence-corrected chi connectivity index (χ4v) is 5.40. The van der Waals surface area contributed by atoms with Crippen molar-refractivity contribution in [2.45, 2.75) is 18.9 Å². The van der Waals surface area contributed by atoms with Crippen molar-refractivity contribution < 1.29 is 33.9 Å². The number of nitro groups is 1. The first-order valence-electron chi connectivity index (χ1n) is 13.9. The average molecular weight is 588 g/mol. The number of hydrogen-bond donors (Lipinski definition) is 1. The molecule has 3 aliphatic heterocycles. The number of methoxy groups -OCH3 is 1. The number of nitro benzene ring substituents is 1. The number of hydrogen-bond acceptors (Lipinski definition) is 10. The summed E-state index contributed by atoms with van der Waals surface area (Å²) in [5.74, 6) is 0.708. The Balaban J connectivity index is 1.12. The zero-order valence-electron chi connectivity index (χ0n) is 23.3. The van der Waals surface area contributed by atoms with E-state index in [-0.39, 0.29) is 40.6 Å². The molecule has 1 atom stereocenters. The number of benzene rings is 3. The summed E-state index contributed by atoms with van der Waals surface area (Å²) in [6.45, 7) is 2.07. The monoisotopic (exact) mass is 587 g/mol. The highest BCUT2D eigenvalue weighted by Gasteiger charge is 2.33. The van der Waals surface area contributed by atoms with Gasteiger partial charge in [-0.1, -0.05) is 0 Å². The number of aliphatic imine (C=N–C) groups is 1. The molecule has 2 amide bonds. The van der Waals surface area contributed by atoms with Crippen molar-refractivity contribution in [1.29, 1.82) is 0 Å². The van der Waals surface area contributed by atoms with Gasteiger partial charge in [0.15, 0.2) is 11.5 Å². The minimum Gasteiger partial charge on any atom is -0.508 e. The van der Waals surface area contributed by atoms with Gasteiger partial charge in [-0.3, -0.25) is 24.7 Å². The van der Waals surface area contributed by atoms with Crippen LogP contribution in [-0.2, 0) is 0 Å². The van der Waals surface area contributed by atoms with E-state index < -0.39 is 4.92 Å². The van der Waals surface area contributed by atoms with E-state index in [1.54, 1.807) is 22.1 Å². The maximum Gasteiger partial charge on any atom is 0.312 e. The van der Waals surface area contributed by atoms with Gasteiger partial charge < -0.3 is 29.2 Å². The molecule has 13 heteroatoms. The number of nitrogens with zero attached hydrogens (tertiary/aromatic N) is 5. The van der Waals surface area contributed by atoms with Crippen LogP contribution >= 0.6 is 0 Å². The van der Waals surface area contributed by atoms with Gasteiger partial charge in [-0.15, -0.1) is 5.06 Å². The highest BCUT2D eigenvalue weighted by atomic mass is 16.7. The highest BCUT2D eigenvalue weighted by Crippen LogP contribution is 2.39. The molecule has 13 nitrogen and oxygen atoms in total. The molecule has 1 unspecified atom stereocenters. The number of piperazine rings is 1. The van der Waals surface area contributed by atoms with Crippen LogP contribution in [-0.4, -0.2) is 88.8 Å². The van der Waals surface area contributed by atoms with Crippen LogP contribution in [0.5, 0.6) is 28.7 Å². The third kappa shape index (κ3) is 5.66. The van der Waals surface area contributed by atoms with Gasteiger partial charge in [-0.25, -0.2) is 0 Å². The fraction of sp³-hybridized carbons (Fsp3) is 0.300. The molecule has 0 aromatic heterocycles. The molecule has 222 valence electrons. The number of carbonyl (C=O) groups excluding carboxylic acids is 2. The molecule has 0 spiro atoms. The summed E-state index contributed by atoms with van der Waals surface area (Å²) >= 11 is 0. The largest absolute Gasteiger partial charge is 0.508 e. The molecule has 3 aromatic carbocycles. The fourth-order valence-electron chi connectivity index (χ4n) is 5.40. The smallest absolute Gasteiger partial charge is 0.312 e. The van der Waals surface area contributed by atoms with Gasteiger partial charge in [0.25, 0.3) is 11.8 Å². The Morgan fingerprint density at radius 1 is 1.00 bits per heavy atom. The first-order valence-corrected chi connectivity index (χ1v) is 13.9. The molecular formula is C30H29N5O8. The van der Waals surface area contributed by atoms with Gasteiger partial charge >= 0.3 is 5.69 Å². The SMILES string of the molecule is COc1cc2c(cc1ON1CCN(C(=O)c3ccc(Oc4ccc(O)cc4)c([N+](=O)[O-])c3)CC1)N=CC1CCCN1C2=O. The Morgan fingerprint density at radius 2 is 1.77 bits per heavy atom. The number of phenolic OH excluding ortho intramolecular Hbond substituents is 1. The Morgan fingerprint density at radius 3 is 2.49 bits per heavy atom. The molecule has 3 aliphatic rings. The second kappa shape index (κ2) is 11.6. The second-order valence-corrected chi connectivity index (χ2v) is 10.4. The van der Waals surface area contributed by atoms with Gasteiger partial charge in [0.2, 0.25) is 5.75 Å². The molecule has 2 fully saturated rings. The predicted molar refractivity (Wildman–Crippen MR) is 155 cm³/mol. The zero-order chi connectivity index (χ0) is 30.1. The number of phenols is 1. The summed E-state index contributed by atoms with van der Waals surface area (Å²) in [4.78, 5) is 51.7. The topological polar surface area (TPSA) is 147 Å². The molecule has 2 saturated heterocycles. The van der Waals surface area contributed by atoms with Crippen LogP contribution in [0.2, 0.25) is 0 Å². The number of carbonyl (C=O) groups is 2. The summed E-state index contributed by atoms with van der Waals surface area (Å²) in [6, 6.07) is 13.2. The van der Waals surface area contributed by atoms with Crippen molar-refractivity contribution >= 4 is 29.4 Å². The molecule has 6 rings (SSSR count). The van der Waals surface area contributed by atoms with E-state index in [1.807, 2.05) is 11.1 Å². The normalized spacial score (nSPS) is 18.1. The Kier molecular flexibility index (Phi) is 7.55. The number of amides is 2. The first kappa shape index (κ1) is 28.0. The van der Waals surface area contributed by atoms with Crippen molar-refractivity contribution in [3.8, 4) is 28.7 Å². The first-order chi connectivity index (χ1) is 20.8. The van der Waals surface area contributed by atoms with Crippen molar-refractivity contribution in [2.24, 2.45) is 4.99 Å². The molecule has 1 N–H and O–H groups in total. The highest BCUT2D eigenvalue weighted by molar-refractivity contribution is 6.03. The molecule has 0 saturated carbocycles. The molecule has 0 aliphatic carbocycles. The van der Waals surface area contributed by atoms with Crippen LogP contribution in [0, 0.1) is 10.1 Å². The predicted octanol–water partition coefficient (Wildman–Crippen LogP) is 4.17. The van der Waals surface area contributed by atoms with Crippen LogP contribution in [0.1, 0.15) is 33.6 Å². The molecule has 3 aromatic rings. The number of rotatable bonds is 7. The lowest BCUT2D eigenvalue weighted by molar-refractivity contribution is -0.385. The molecule has 0 bridgehead atoms. The zero-order valence-corrected chi connectivity index (χ0v) is 23.3. The lowest BCUT2D eigenvalue weighted by atomic mass is 10.1. The van der Waals surface area contributed by atoms with Crippen LogP contribution in [0.15, 0.2) is 59.6 Å². The summed E-state index contributed by atoms with van der Waals surface area (Å²) in [5.41, 5.74) is 0.796. The number of hydroxylamine groups is 2. The average Bonchev–Trinajstić information content (AvgIpc) is 3.45. The van der Waals surface area contributed by atoms with Crippen LogP contribution < -0.4 is 14.3 Å². The third-order valence-corrected chi connectivity index (χ3v) is 7.68. The lowest BCUT2D eigenvalue weighted by Crippen LogP contribution is -2.49. The van der Waals surface area contributed by atoms with E-state index in [9.17, 15) is 24.8 Å². The summed E-state index contributed by atoms with van der Waals surface area (Å²) in [6.07, 6.45) is 3.65. The quantitative estimate of drug-likeness (QED) is 0.318. The molecule has 0 radical (unpaired) electrons. The van der Waals surface area contributed by atoms with E-state index in [1.165, 1.54) is 49.6 Å². The minimum atomic E-state index is -0.604. The van der Waals surface area contributed by atoms with E-state index in [0.29, 0.717) is 61.2 Å². The maximum atomic E-state index is 13.3. The standard InChI is InChI=1S/C30H29N5O8/c1-41-27-16-23-24(31-18-20-3-2-10-34(20)30(23)38)17-28(27)43-33-13-11-32(12-14-33)29(37)19-4-9-26(25(15-19)35(39)40)42-22-7-5-21(36)6-8-22/h4-9,15-18,20,36H,2-3,10-14H2,1H3. The third-order valence-electron chi connectivity index (χ3n) is 7.68. The van der Waals surface area contributed by atoms with E-state index in [4.69, 9.17) is 14.3 Å². The van der Waals surface area contributed by atoms with Crippen molar-refractivity contribution in [2.75, 3.05) is 39.8 Å². The molecule has 3 heterocycles. The summed E-state index contributed by atoms with van der Waals surface area (Å²) < 4.78 is 11.2. The second-order valence-electron chi connectivity index (χ2n) is 10.4. The lowest BCUT2D eigenvalue weighted by Gasteiger charge is -2.34. The van der Waals surface area contributed by atoms with E-state index in [2.05, 4.69) is 4.99 Å². The van der Waals surface area contributed by atoms with Crippen LogP contribution in [0.3, 0.4) is 0 Å². The van der Waals surface area contributed by atoms with Gasteiger partial charge in [-0.2, -0.15) is 0 Å². The van der Waals surface area contributed by atoms with Gasteiger partial charge in [0.05, 0.1) is 42.4 Å². The summed E-state index contributed by atoms with van der Waals surface area (Å²) in [5, 5.41) is 22.9. The number of aromatic hydroxyl groups is 1. The maximum absolute atomic E-state index is 13.3.